The molecule has 1 N–H and O–H groups in total. The van der Waals surface area contributed by atoms with Gasteiger partial charge in [-0.05, 0) is 19.4 Å². The Bertz CT molecular complexity index is 389. The molecule has 1 aliphatic rings. The van der Waals surface area contributed by atoms with E-state index in [1.807, 2.05) is 5.38 Å². The van der Waals surface area contributed by atoms with Crippen LogP contribution in [0, 0.1) is 0 Å². The maximum atomic E-state index is 11.9. The second kappa shape index (κ2) is 6.67. The molecule has 1 saturated heterocycles. The van der Waals surface area contributed by atoms with Gasteiger partial charge in [-0.15, -0.1) is 11.3 Å². The summed E-state index contributed by atoms with van der Waals surface area (Å²) in [4.78, 5) is 4.46. The number of piperidine rings is 1. The fraction of sp³-hybridized carbons (Fsp3) is 0.750. The summed E-state index contributed by atoms with van der Waals surface area (Å²) < 4.78 is 40.2. The van der Waals surface area contributed by atoms with Crippen LogP contribution in [-0.4, -0.2) is 30.9 Å². The number of alkyl halides is 3. The van der Waals surface area contributed by atoms with Crippen molar-refractivity contribution in [2.45, 2.75) is 37.9 Å². The minimum absolute atomic E-state index is 0.0601. The van der Waals surface area contributed by atoms with Crippen molar-refractivity contribution in [3.8, 4) is 0 Å². The lowest BCUT2D eigenvalue weighted by atomic mass is 10.0. The van der Waals surface area contributed by atoms with Crippen LogP contribution in [0.4, 0.5) is 13.2 Å². The van der Waals surface area contributed by atoms with Crippen molar-refractivity contribution in [3.63, 3.8) is 0 Å². The molecular formula is C12H17F3N2OS. The lowest BCUT2D eigenvalue weighted by Gasteiger charge is -2.21. The number of thiazole rings is 1. The first-order valence-corrected chi connectivity index (χ1v) is 7.25. The molecule has 1 unspecified atom stereocenters. The highest BCUT2D eigenvalue weighted by Crippen LogP contribution is 2.24. The summed E-state index contributed by atoms with van der Waals surface area (Å²) in [7, 11) is 0. The van der Waals surface area contributed by atoms with Gasteiger partial charge in [0.2, 0.25) is 0 Å². The summed E-state index contributed by atoms with van der Waals surface area (Å²) in [6, 6.07) is 0.301. The van der Waals surface area contributed by atoms with Gasteiger partial charge < -0.3 is 10.1 Å². The van der Waals surface area contributed by atoms with Gasteiger partial charge in [0, 0.05) is 11.8 Å². The first-order valence-electron chi connectivity index (χ1n) is 6.37. The normalized spacial score (nSPS) is 20.7. The van der Waals surface area contributed by atoms with E-state index in [1.165, 1.54) is 24.2 Å². The average Bonchev–Trinajstić information content (AvgIpc) is 2.83. The van der Waals surface area contributed by atoms with Crippen molar-refractivity contribution >= 4 is 11.3 Å². The number of ether oxygens (including phenoxy) is 1. The highest BCUT2D eigenvalue weighted by atomic mass is 32.1. The number of hydrogen-bond donors (Lipinski definition) is 1. The summed E-state index contributed by atoms with van der Waals surface area (Å²) in [6.45, 7) is -0.119. The zero-order chi connectivity index (χ0) is 13.7. The maximum absolute atomic E-state index is 11.9. The molecular weight excluding hydrogens is 277 g/mol. The third kappa shape index (κ3) is 5.08. The first kappa shape index (κ1) is 14.7. The summed E-state index contributed by atoms with van der Waals surface area (Å²) in [5, 5.41) is 6.23. The van der Waals surface area contributed by atoms with Crippen LogP contribution in [0.1, 0.15) is 36.0 Å². The highest BCUT2D eigenvalue weighted by Gasteiger charge is 2.27. The van der Waals surface area contributed by atoms with E-state index in [4.69, 9.17) is 0 Å². The fourth-order valence-corrected chi connectivity index (χ4v) is 2.88. The minimum atomic E-state index is -4.25. The Labute approximate surface area is 114 Å². The molecule has 3 nitrogen and oxygen atoms in total. The maximum Gasteiger partial charge on any atom is 0.411 e. The van der Waals surface area contributed by atoms with E-state index in [1.54, 1.807) is 0 Å². The van der Waals surface area contributed by atoms with Crippen LogP contribution in [0.2, 0.25) is 0 Å². The molecule has 1 atom stereocenters. The number of nitrogens with zero attached hydrogens (tertiary/aromatic N) is 1. The van der Waals surface area contributed by atoms with E-state index in [0.717, 1.165) is 23.7 Å². The van der Waals surface area contributed by atoms with Gasteiger partial charge in [-0.1, -0.05) is 6.42 Å². The molecule has 0 aromatic carbocycles. The number of aromatic nitrogens is 1. The van der Waals surface area contributed by atoms with Gasteiger partial charge in [-0.3, -0.25) is 0 Å². The van der Waals surface area contributed by atoms with E-state index in [9.17, 15) is 13.2 Å². The second-order valence-electron chi connectivity index (χ2n) is 4.59. The molecule has 0 amide bonds. The van der Waals surface area contributed by atoms with Crippen molar-refractivity contribution in [3.05, 3.63) is 16.1 Å². The SMILES string of the molecule is FC(F)(F)COCCc1nc(C2CCCCN2)cs1. The molecule has 0 spiro atoms. The number of rotatable bonds is 5. The lowest BCUT2D eigenvalue weighted by Crippen LogP contribution is -2.27. The van der Waals surface area contributed by atoms with E-state index in [0.29, 0.717) is 12.5 Å². The van der Waals surface area contributed by atoms with Crippen LogP contribution >= 0.6 is 11.3 Å². The van der Waals surface area contributed by atoms with Crippen molar-refractivity contribution < 1.29 is 17.9 Å². The van der Waals surface area contributed by atoms with Crippen molar-refractivity contribution in [2.24, 2.45) is 0 Å². The van der Waals surface area contributed by atoms with Gasteiger partial charge in [0.1, 0.15) is 6.61 Å². The van der Waals surface area contributed by atoms with Gasteiger partial charge in [0.05, 0.1) is 23.4 Å². The molecule has 0 aliphatic carbocycles. The average molecular weight is 294 g/mol. The van der Waals surface area contributed by atoms with Gasteiger partial charge in [-0.2, -0.15) is 13.2 Å². The topological polar surface area (TPSA) is 34.1 Å². The molecule has 0 radical (unpaired) electrons. The van der Waals surface area contributed by atoms with Crippen LogP contribution in [0.3, 0.4) is 0 Å². The van der Waals surface area contributed by atoms with E-state index < -0.39 is 12.8 Å². The van der Waals surface area contributed by atoms with Gasteiger partial charge in [0.25, 0.3) is 0 Å². The smallest absolute Gasteiger partial charge is 0.372 e. The quantitative estimate of drug-likeness (QED) is 0.847. The lowest BCUT2D eigenvalue weighted by molar-refractivity contribution is -0.173. The molecule has 1 aliphatic heterocycles. The van der Waals surface area contributed by atoms with E-state index in [2.05, 4.69) is 15.0 Å². The van der Waals surface area contributed by atoms with Crippen molar-refractivity contribution in [2.75, 3.05) is 19.8 Å². The molecule has 0 bridgehead atoms. The predicted octanol–water partition coefficient (Wildman–Crippen LogP) is 3.08. The Morgan fingerprint density at radius 3 is 2.95 bits per heavy atom. The molecule has 108 valence electrons. The molecule has 7 heteroatoms. The minimum Gasteiger partial charge on any atom is -0.372 e. The molecule has 2 rings (SSSR count). The zero-order valence-electron chi connectivity index (χ0n) is 10.5. The Morgan fingerprint density at radius 1 is 1.42 bits per heavy atom. The summed E-state index contributed by atoms with van der Waals surface area (Å²) in [6.07, 6.45) is -0.348. The van der Waals surface area contributed by atoms with E-state index >= 15 is 0 Å². The van der Waals surface area contributed by atoms with Gasteiger partial charge in [-0.25, -0.2) is 4.98 Å². The number of hydrogen-bond acceptors (Lipinski definition) is 4. The molecule has 19 heavy (non-hydrogen) atoms. The Kier molecular flexibility index (Phi) is 5.18. The predicted molar refractivity (Wildman–Crippen MR) is 67.3 cm³/mol. The first-order chi connectivity index (χ1) is 9.04. The van der Waals surface area contributed by atoms with Crippen LogP contribution in [0.5, 0.6) is 0 Å². The Morgan fingerprint density at radius 2 is 2.26 bits per heavy atom. The molecule has 2 heterocycles. The standard InChI is InChI=1S/C12H17F3N2OS/c13-12(14,15)8-18-6-4-11-17-10(7-19-11)9-3-1-2-5-16-9/h7,9,16H,1-6,8H2. The van der Waals surface area contributed by atoms with Crippen molar-refractivity contribution in [1.29, 1.82) is 0 Å². The van der Waals surface area contributed by atoms with Crippen LogP contribution in [0.25, 0.3) is 0 Å². The fourth-order valence-electron chi connectivity index (χ4n) is 2.05. The number of nitrogens with one attached hydrogen (secondary N) is 1. The summed E-state index contributed by atoms with van der Waals surface area (Å²) in [5.74, 6) is 0. The highest BCUT2D eigenvalue weighted by molar-refractivity contribution is 7.09. The molecule has 1 aromatic rings. The van der Waals surface area contributed by atoms with Crippen LogP contribution in [-0.2, 0) is 11.2 Å². The summed E-state index contributed by atoms with van der Waals surface area (Å²) >= 11 is 1.49. The van der Waals surface area contributed by atoms with Crippen LogP contribution < -0.4 is 5.32 Å². The molecule has 1 aromatic heterocycles. The third-order valence-corrected chi connectivity index (χ3v) is 3.89. The Hall–Kier alpha value is -0.660. The second-order valence-corrected chi connectivity index (χ2v) is 5.53. The monoisotopic (exact) mass is 294 g/mol. The van der Waals surface area contributed by atoms with E-state index in [-0.39, 0.29) is 6.61 Å². The van der Waals surface area contributed by atoms with Gasteiger partial charge in [0.15, 0.2) is 0 Å². The zero-order valence-corrected chi connectivity index (χ0v) is 11.3. The number of halogens is 3. The largest absolute Gasteiger partial charge is 0.411 e. The van der Waals surface area contributed by atoms with Crippen molar-refractivity contribution in [1.82, 2.24) is 10.3 Å². The van der Waals surface area contributed by atoms with Crippen LogP contribution in [0.15, 0.2) is 5.38 Å². The third-order valence-electron chi connectivity index (χ3n) is 2.96. The Balaban J connectivity index is 1.74. The molecule has 1 fully saturated rings. The summed E-state index contributed by atoms with van der Waals surface area (Å²) in [5.41, 5.74) is 1.01. The molecule has 0 saturated carbocycles. The van der Waals surface area contributed by atoms with Gasteiger partial charge >= 0.3 is 6.18 Å².